The monoisotopic (exact) mass is 296 g/mol. The van der Waals surface area contributed by atoms with E-state index in [0.29, 0.717) is 24.9 Å². The molecule has 2 aliphatic rings. The SMILES string of the molecule is CC(O)CN(CCC(=O)N1CCCCC1)C1CCCCC1. The summed E-state index contributed by atoms with van der Waals surface area (Å²) in [4.78, 5) is 16.7. The Bertz CT molecular complexity index is 308. The van der Waals surface area contributed by atoms with Crippen LogP contribution in [0.4, 0.5) is 0 Å². The highest BCUT2D eigenvalue weighted by Gasteiger charge is 2.24. The normalized spacial score (nSPS) is 22.5. The van der Waals surface area contributed by atoms with Gasteiger partial charge in [0.05, 0.1) is 6.10 Å². The summed E-state index contributed by atoms with van der Waals surface area (Å²) in [6, 6.07) is 0.572. The van der Waals surface area contributed by atoms with Gasteiger partial charge in [0.1, 0.15) is 0 Å². The molecule has 1 amide bonds. The first-order chi connectivity index (χ1) is 10.2. The lowest BCUT2D eigenvalue weighted by Gasteiger charge is -2.35. The van der Waals surface area contributed by atoms with Gasteiger partial charge < -0.3 is 10.0 Å². The Balaban J connectivity index is 1.81. The first-order valence-corrected chi connectivity index (χ1v) is 8.86. The summed E-state index contributed by atoms with van der Waals surface area (Å²) in [6.45, 7) is 5.25. The molecule has 1 unspecified atom stereocenters. The van der Waals surface area contributed by atoms with Gasteiger partial charge in [-0.05, 0) is 39.0 Å². The fourth-order valence-corrected chi connectivity index (χ4v) is 3.75. The number of hydrogen-bond donors (Lipinski definition) is 1. The van der Waals surface area contributed by atoms with Crippen LogP contribution in [0.1, 0.15) is 64.7 Å². The van der Waals surface area contributed by atoms with E-state index in [-0.39, 0.29) is 6.10 Å². The van der Waals surface area contributed by atoms with Gasteiger partial charge in [-0.25, -0.2) is 0 Å². The van der Waals surface area contributed by atoms with Gasteiger partial charge >= 0.3 is 0 Å². The minimum Gasteiger partial charge on any atom is -0.392 e. The second kappa shape index (κ2) is 8.74. The van der Waals surface area contributed by atoms with Crippen LogP contribution in [0.3, 0.4) is 0 Å². The Labute approximate surface area is 129 Å². The first-order valence-electron chi connectivity index (χ1n) is 8.86. The fourth-order valence-electron chi connectivity index (χ4n) is 3.75. The average Bonchev–Trinajstić information content (AvgIpc) is 2.52. The quantitative estimate of drug-likeness (QED) is 0.818. The van der Waals surface area contributed by atoms with Gasteiger partial charge in [0.2, 0.25) is 5.91 Å². The van der Waals surface area contributed by atoms with Gasteiger partial charge in [-0.3, -0.25) is 9.69 Å². The molecule has 122 valence electrons. The van der Waals surface area contributed by atoms with Gasteiger partial charge in [-0.15, -0.1) is 0 Å². The second-order valence-electron chi connectivity index (χ2n) is 6.83. The maximum atomic E-state index is 12.3. The van der Waals surface area contributed by atoms with E-state index in [1.807, 2.05) is 11.8 Å². The summed E-state index contributed by atoms with van der Waals surface area (Å²) in [6.07, 6.45) is 10.3. The van der Waals surface area contributed by atoms with E-state index >= 15 is 0 Å². The van der Waals surface area contributed by atoms with Crippen molar-refractivity contribution in [1.82, 2.24) is 9.80 Å². The number of rotatable bonds is 6. The maximum absolute atomic E-state index is 12.3. The van der Waals surface area contributed by atoms with Gasteiger partial charge in [0.25, 0.3) is 0 Å². The first kappa shape index (κ1) is 16.8. The summed E-state index contributed by atoms with van der Waals surface area (Å²) in [5.41, 5.74) is 0. The van der Waals surface area contributed by atoms with Gasteiger partial charge in [0.15, 0.2) is 0 Å². The lowest BCUT2D eigenvalue weighted by Crippen LogP contribution is -2.44. The van der Waals surface area contributed by atoms with Crippen molar-refractivity contribution in [3.8, 4) is 0 Å². The maximum Gasteiger partial charge on any atom is 0.223 e. The van der Waals surface area contributed by atoms with E-state index in [9.17, 15) is 9.90 Å². The molecule has 2 fully saturated rings. The molecule has 2 rings (SSSR count). The topological polar surface area (TPSA) is 43.8 Å². The number of piperidine rings is 1. The molecule has 0 aromatic rings. The van der Waals surface area contributed by atoms with Crippen LogP contribution in [-0.4, -0.2) is 59.1 Å². The van der Waals surface area contributed by atoms with Crippen LogP contribution in [-0.2, 0) is 4.79 Å². The van der Waals surface area contributed by atoms with Crippen LogP contribution < -0.4 is 0 Å². The number of nitrogens with zero attached hydrogens (tertiary/aromatic N) is 2. The lowest BCUT2D eigenvalue weighted by atomic mass is 9.94. The zero-order valence-corrected chi connectivity index (χ0v) is 13.6. The molecule has 1 saturated carbocycles. The number of carbonyl (C=O) groups excluding carboxylic acids is 1. The van der Waals surface area contributed by atoms with Crippen LogP contribution in [0.2, 0.25) is 0 Å². The number of aliphatic hydroxyl groups excluding tert-OH is 1. The molecule has 4 nitrogen and oxygen atoms in total. The van der Waals surface area contributed by atoms with Gasteiger partial charge in [0, 0.05) is 38.6 Å². The van der Waals surface area contributed by atoms with Crippen molar-refractivity contribution in [2.75, 3.05) is 26.2 Å². The van der Waals surface area contributed by atoms with E-state index in [1.165, 1.54) is 38.5 Å². The number of carbonyl (C=O) groups is 1. The Morgan fingerprint density at radius 2 is 1.76 bits per heavy atom. The van der Waals surface area contributed by atoms with Crippen molar-refractivity contribution < 1.29 is 9.90 Å². The molecular weight excluding hydrogens is 264 g/mol. The van der Waals surface area contributed by atoms with Crippen molar-refractivity contribution in [1.29, 1.82) is 0 Å². The van der Waals surface area contributed by atoms with Crippen molar-refractivity contribution in [3.05, 3.63) is 0 Å². The largest absolute Gasteiger partial charge is 0.392 e. The molecule has 0 radical (unpaired) electrons. The average molecular weight is 296 g/mol. The highest BCUT2D eigenvalue weighted by atomic mass is 16.3. The highest BCUT2D eigenvalue weighted by molar-refractivity contribution is 5.76. The zero-order valence-electron chi connectivity index (χ0n) is 13.6. The minimum atomic E-state index is -0.308. The Morgan fingerprint density at radius 1 is 1.14 bits per heavy atom. The molecule has 0 aromatic heterocycles. The van der Waals surface area contributed by atoms with Gasteiger partial charge in [-0.1, -0.05) is 19.3 Å². The van der Waals surface area contributed by atoms with Crippen LogP contribution in [0, 0.1) is 0 Å². The third-order valence-electron chi connectivity index (χ3n) is 4.91. The van der Waals surface area contributed by atoms with E-state index in [4.69, 9.17) is 0 Å². The molecule has 1 aliphatic carbocycles. The molecule has 1 aliphatic heterocycles. The zero-order chi connectivity index (χ0) is 15.1. The second-order valence-corrected chi connectivity index (χ2v) is 6.83. The van der Waals surface area contributed by atoms with Crippen molar-refractivity contribution >= 4 is 5.91 Å². The summed E-state index contributed by atoms with van der Waals surface area (Å²) in [5.74, 6) is 0.307. The fraction of sp³-hybridized carbons (Fsp3) is 0.941. The summed E-state index contributed by atoms with van der Waals surface area (Å²) < 4.78 is 0. The Morgan fingerprint density at radius 3 is 2.38 bits per heavy atom. The molecule has 0 spiro atoms. The molecule has 1 N–H and O–H groups in total. The molecule has 1 heterocycles. The molecule has 0 aromatic carbocycles. The Hall–Kier alpha value is -0.610. The lowest BCUT2D eigenvalue weighted by molar-refractivity contribution is -0.132. The number of hydrogen-bond acceptors (Lipinski definition) is 3. The number of aliphatic hydroxyl groups is 1. The van der Waals surface area contributed by atoms with Crippen LogP contribution >= 0.6 is 0 Å². The molecule has 1 atom stereocenters. The molecular formula is C17H32N2O2. The Kier molecular flexibility index (Phi) is 6.97. The molecule has 0 bridgehead atoms. The summed E-state index contributed by atoms with van der Waals surface area (Å²) >= 11 is 0. The smallest absolute Gasteiger partial charge is 0.223 e. The third kappa shape index (κ3) is 5.59. The van der Waals surface area contributed by atoms with Crippen LogP contribution in [0.15, 0.2) is 0 Å². The van der Waals surface area contributed by atoms with E-state index in [2.05, 4.69) is 4.90 Å². The minimum absolute atomic E-state index is 0.307. The summed E-state index contributed by atoms with van der Waals surface area (Å²) in [5, 5.41) is 9.73. The molecule has 1 saturated heterocycles. The van der Waals surface area contributed by atoms with Gasteiger partial charge in [-0.2, -0.15) is 0 Å². The van der Waals surface area contributed by atoms with E-state index in [1.54, 1.807) is 0 Å². The van der Waals surface area contributed by atoms with Crippen molar-refractivity contribution in [3.63, 3.8) is 0 Å². The predicted molar refractivity (Wildman–Crippen MR) is 85.2 cm³/mol. The summed E-state index contributed by atoms with van der Waals surface area (Å²) in [7, 11) is 0. The van der Waals surface area contributed by atoms with E-state index < -0.39 is 0 Å². The standard InChI is InChI=1S/C17H32N2O2/c1-15(20)14-19(16-8-4-2-5-9-16)13-10-17(21)18-11-6-3-7-12-18/h15-16,20H,2-14H2,1H3. The molecule has 21 heavy (non-hydrogen) atoms. The third-order valence-corrected chi connectivity index (χ3v) is 4.91. The molecule has 4 heteroatoms. The van der Waals surface area contributed by atoms with Crippen molar-refractivity contribution in [2.24, 2.45) is 0 Å². The number of likely N-dealkylation sites (tertiary alicyclic amines) is 1. The van der Waals surface area contributed by atoms with Crippen LogP contribution in [0.5, 0.6) is 0 Å². The van der Waals surface area contributed by atoms with E-state index in [0.717, 1.165) is 32.5 Å². The highest BCUT2D eigenvalue weighted by Crippen LogP contribution is 2.23. The predicted octanol–water partition coefficient (Wildman–Crippen LogP) is 2.40. The van der Waals surface area contributed by atoms with Crippen LogP contribution in [0.25, 0.3) is 0 Å². The number of amides is 1. The van der Waals surface area contributed by atoms with Crippen molar-refractivity contribution in [2.45, 2.75) is 76.9 Å².